The maximum Gasteiger partial charge on any atom is 0.229 e. The molecule has 2 aromatic heterocycles. The number of hydrogen-bond donors (Lipinski definition) is 0. The highest BCUT2D eigenvalue weighted by molar-refractivity contribution is 7.99. The van der Waals surface area contributed by atoms with Crippen LogP contribution in [0.2, 0.25) is 5.02 Å². The van der Waals surface area contributed by atoms with Crippen LogP contribution in [0.25, 0.3) is 10.2 Å². The Labute approximate surface area is 205 Å². The first-order valence-electron chi connectivity index (χ1n) is 9.80. The van der Waals surface area contributed by atoms with Crippen LogP contribution in [0.15, 0.2) is 66.1 Å². The van der Waals surface area contributed by atoms with Gasteiger partial charge in [0.15, 0.2) is 5.13 Å². The maximum absolute atomic E-state index is 13.1. The summed E-state index contributed by atoms with van der Waals surface area (Å²) in [7, 11) is 0. The summed E-state index contributed by atoms with van der Waals surface area (Å²) >= 11 is 9.29. The number of thioether (sulfide) groups is 1. The van der Waals surface area contributed by atoms with Gasteiger partial charge in [-0.15, -0.1) is 24.2 Å². The van der Waals surface area contributed by atoms with Crippen molar-refractivity contribution in [2.75, 3.05) is 17.2 Å². The van der Waals surface area contributed by atoms with Gasteiger partial charge in [0.05, 0.1) is 16.0 Å². The second-order valence-corrected chi connectivity index (χ2v) is 9.42. The van der Waals surface area contributed by atoms with Crippen LogP contribution in [0.1, 0.15) is 12.8 Å². The Morgan fingerprint density at radius 3 is 2.75 bits per heavy atom. The van der Waals surface area contributed by atoms with Crippen molar-refractivity contribution < 1.29 is 9.18 Å². The molecule has 1 amide bonds. The lowest BCUT2D eigenvalue weighted by Crippen LogP contribution is -2.32. The highest BCUT2D eigenvalue weighted by Crippen LogP contribution is 2.33. The first kappa shape index (κ1) is 24.5. The molecular weight excluding hydrogens is 490 g/mol. The van der Waals surface area contributed by atoms with Gasteiger partial charge in [-0.2, -0.15) is 0 Å². The summed E-state index contributed by atoms with van der Waals surface area (Å²) in [4.78, 5) is 24.5. The van der Waals surface area contributed by atoms with Crippen LogP contribution in [-0.2, 0) is 11.3 Å². The first-order valence-corrected chi connectivity index (χ1v) is 12.0. The standard InChI is InChI=1S/C22H20ClFN4OS2.ClH/c23-18-3-1-4-19-21(18)26-22(31-19)28(12-2-11-27-13-10-25-15-27)20(29)9-14-30-17-7-5-16(24)6-8-17;/h1,3-8,10,13,15H,2,9,11-12,14H2;1H. The summed E-state index contributed by atoms with van der Waals surface area (Å²) in [6.07, 6.45) is 6.55. The Hall–Kier alpha value is -2.13. The molecule has 2 heterocycles. The van der Waals surface area contributed by atoms with E-state index in [1.165, 1.54) is 35.2 Å². The summed E-state index contributed by atoms with van der Waals surface area (Å²) in [5.74, 6) is 0.350. The van der Waals surface area contributed by atoms with Crippen LogP contribution in [0.4, 0.5) is 9.52 Å². The predicted molar refractivity (Wildman–Crippen MR) is 133 cm³/mol. The number of para-hydroxylation sites is 1. The normalized spacial score (nSPS) is 10.8. The summed E-state index contributed by atoms with van der Waals surface area (Å²) in [6.45, 7) is 1.31. The molecule has 0 aliphatic rings. The SMILES string of the molecule is Cl.O=C(CCSc1ccc(F)cc1)N(CCCn1ccnc1)c1nc2c(Cl)cccc2s1. The molecule has 0 unspecified atom stereocenters. The molecule has 10 heteroatoms. The molecule has 4 rings (SSSR count). The molecule has 0 saturated heterocycles. The van der Waals surface area contributed by atoms with Crippen molar-refractivity contribution in [3.05, 3.63) is 72.0 Å². The number of nitrogens with zero attached hydrogens (tertiary/aromatic N) is 4. The second-order valence-electron chi connectivity index (χ2n) is 6.83. The van der Waals surface area contributed by atoms with Crippen molar-refractivity contribution in [2.45, 2.75) is 24.3 Å². The molecule has 4 aromatic rings. The molecule has 0 atom stereocenters. The van der Waals surface area contributed by atoms with E-state index >= 15 is 0 Å². The number of aromatic nitrogens is 3. The number of fused-ring (bicyclic) bond motifs is 1. The quantitative estimate of drug-likeness (QED) is 0.247. The van der Waals surface area contributed by atoms with Crippen molar-refractivity contribution in [2.24, 2.45) is 0 Å². The van der Waals surface area contributed by atoms with E-state index in [1.54, 1.807) is 35.6 Å². The summed E-state index contributed by atoms with van der Waals surface area (Å²) < 4.78 is 16.0. The number of imidazole rings is 1. The molecule has 0 spiro atoms. The van der Waals surface area contributed by atoms with Gasteiger partial charge in [-0.1, -0.05) is 29.0 Å². The molecule has 168 valence electrons. The Bertz CT molecular complexity index is 1150. The zero-order chi connectivity index (χ0) is 21.6. The van der Waals surface area contributed by atoms with E-state index in [-0.39, 0.29) is 24.1 Å². The molecule has 5 nitrogen and oxygen atoms in total. The molecule has 0 aliphatic carbocycles. The average Bonchev–Trinajstić information content (AvgIpc) is 3.43. The van der Waals surface area contributed by atoms with Crippen molar-refractivity contribution >= 4 is 68.4 Å². The van der Waals surface area contributed by atoms with Crippen LogP contribution in [0.3, 0.4) is 0 Å². The van der Waals surface area contributed by atoms with E-state index in [0.29, 0.717) is 28.9 Å². The largest absolute Gasteiger partial charge is 0.337 e. The number of amides is 1. The lowest BCUT2D eigenvalue weighted by Gasteiger charge is -2.20. The van der Waals surface area contributed by atoms with Crippen molar-refractivity contribution in [1.29, 1.82) is 0 Å². The van der Waals surface area contributed by atoms with E-state index in [2.05, 4.69) is 9.97 Å². The van der Waals surface area contributed by atoms with Gasteiger partial charge in [0.1, 0.15) is 11.3 Å². The summed E-state index contributed by atoms with van der Waals surface area (Å²) in [6, 6.07) is 12.0. The molecule has 0 saturated carbocycles. The van der Waals surface area contributed by atoms with E-state index in [1.807, 2.05) is 22.9 Å². The van der Waals surface area contributed by atoms with E-state index in [9.17, 15) is 9.18 Å². The number of aryl methyl sites for hydroxylation is 1. The average molecular weight is 511 g/mol. The molecule has 2 aromatic carbocycles. The smallest absolute Gasteiger partial charge is 0.229 e. The molecule has 0 fully saturated rings. The third-order valence-electron chi connectivity index (χ3n) is 4.65. The lowest BCUT2D eigenvalue weighted by atomic mass is 10.3. The van der Waals surface area contributed by atoms with Crippen LogP contribution < -0.4 is 4.90 Å². The predicted octanol–water partition coefficient (Wildman–Crippen LogP) is 6.31. The number of anilines is 1. The zero-order valence-electron chi connectivity index (χ0n) is 17.0. The Balaban J connectivity index is 0.00000289. The topological polar surface area (TPSA) is 51.0 Å². The molecular formula is C22H21Cl2FN4OS2. The third kappa shape index (κ3) is 6.22. The van der Waals surface area contributed by atoms with Crippen LogP contribution in [-0.4, -0.2) is 32.7 Å². The Morgan fingerprint density at radius 1 is 1.22 bits per heavy atom. The van der Waals surface area contributed by atoms with E-state index in [0.717, 1.165) is 28.1 Å². The lowest BCUT2D eigenvalue weighted by molar-refractivity contribution is -0.118. The van der Waals surface area contributed by atoms with Gasteiger partial charge in [0, 0.05) is 42.6 Å². The number of thiazole rings is 1. The number of rotatable bonds is 9. The third-order valence-corrected chi connectivity index (χ3v) is 7.01. The monoisotopic (exact) mass is 510 g/mol. The minimum absolute atomic E-state index is 0. The van der Waals surface area contributed by atoms with Gasteiger partial charge >= 0.3 is 0 Å². The van der Waals surface area contributed by atoms with Crippen molar-refractivity contribution in [3.8, 4) is 0 Å². The van der Waals surface area contributed by atoms with Crippen molar-refractivity contribution in [1.82, 2.24) is 14.5 Å². The number of benzene rings is 2. The number of carbonyl (C=O) groups is 1. The van der Waals surface area contributed by atoms with Crippen LogP contribution >= 0.6 is 47.1 Å². The number of carbonyl (C=O) groups excluding carboxylic acids is 1. The summed E-state index contributed by atoms with van der Waals surface area (Å²) in [5, 5.41) is 1.24. The van der Waals surface area contributed by atoms with Crippen LogP contribution in [0, 0.1) is 5.82 Å². The van der Waals surface area contributed by atoms with Gasteiger partial charge < -0.3 is 4.57 Å². The fourth-order valence-electron chi connectivity index (χ4n) is 3.10. The molecule has 32 heavy (non-hydrogen) atoms. The Morgan fingerprint density at radius 2 is 2.03 bits per heavy atom. The fraction of sp³-hybridized carbons (Fsp3) is 0.227. The van der Waals surface area contributed by atoms with Crippen molar-refractivity contribution in [3.63, 3.8) is 0 Å². The molecule has 0 radical (unpaired) electrons. The molecule has 0 bridgehead atoms. The highest BCUT2D eigenvalue weighted by Gasteiger charge is 2.20. The summed E-state index contributed by atoms with van der Waals surface area (Å²) in [5.41, 5.74) is 0.720. The zero-order valence-corrected chi connectivity index (χ0v) is 20.2. The van der Waals surface area contributed by atoms with Gasteiger partial charge in [-0.05, 0) is 42.8 Å². The minimum atomic E-state index is -0.265. The Kier molecular flexibility index (Phi) is 8.92. The first-order chi connectivity index (χ1) is 15.1. The van der Waals surface area contributed by atoms with E-state index in [4.69, 9.17) is 11.6 Å². The van der Waals surface area contributed by atoms with Gasteiger partial charge in [0.25, 0.3) is 0 Å². The highest BCUT2D eigenvalue weighted by atomic mass is 35.5. The van der Waals surface area contributed by atoms with Gasteiger partial charge in [-0.3, -0.25) is 9.69 Å². The van der Waals surface area contributed by atoms with Gasteiger partial charge in [-0.25, -0.2) is 14.4 Å². The molecule has 0 aliphatic heterocycles. The fourth-order valence-corrected chi connectivity index (χ4v) is 5.25. The minimum Gasteiger partial charge on any atom is -0.337 e. The number of halogens is 3. The number of hydrogen-bond acceptors (Lipinski definition) is 5. The van der Waals surface area contributed by atoms with Crippen LogP contribution in [0.5, 0.6) is 0 Å². The molecule has 0 N–H and O–H groups in total. The van der Waals surface area contributed by atoms with Gasteiger partial charge in [0.2, 0.25) is 5.91 Å². The van der Waals surface area contributed by atoms with E-state index < -0.39 is 0 Å². The second kappa shape index (κ2) is 11.7. The maximum atomic E-state index is 13.1.